The second kappa shape index (κ2) is 9.95. The van der Waals surface area contributed by atoms with Gasteiger partial charge in [0.2, 0.25) is 0 Å². The first-order valence-electron chi connectivity index (χ1n) is 14.9. The molecule has 4 saturated carbocycles. The van der Waals surface area contributed by atoms with Crippen LogP contribution < -0.4 is 5.43 Å². The van der Waals surface area contributed by atoms with Gasteiger partial charge in [-0.05, 0) is 73.7 Å². The standard InChI is InChI=1S/C32H46N2O6/c1-8-38-26(35)25(20-12-10-9-11-13-20)34(28(37)40-24-19-22-15-17-32(24,7)30(22,4)5)33-27(36)39-23-18-21-14-16-31(23,6)29(21,2)3/h9-13,21-25H,8,14-19H2,1-7H3,(H,33,36)/t21-,22-,23-,24-,25+,31+,32+/m1/s1. The molecule has 4 fully saturated rings. The molecule has 4 aliphatic carbocycles. The normalized spacial score (nSPS) is 35.2. The number of amides is 2. The lowest BCUT2D eigenvalue weighted by molar-refractivity contribution is -0.151. The van der Waals surface area contributed by atoms with Crippen molar-refractivity contribution in [3.8, 4) is 0 Å². The number of ether oxygens (including phenoxy) is 3. The van der Waals surface area contributed by atoms with Gasteiger partial charge in [-0.15, -0.1) is 0 Å². The Labute approximate surface area is 238 Å². The average Bonchev–Trinajstić information content (AvgIpc) is 3.41. The second-order valence-electron chi connectivity index (χ2n) is 14.0. The highest BCUT2D eigenvalue weighted by atomic mass is 16.6. The van der Waals surface area contributed by atoms with Crippen molar-refractivity contribution < 1.29 is 28.6 Å². The van der Waals surface area contributed by atoms with E-state index in [4.69, 9.17) is 14.2 Å². The van der Waals surface area contributed by atoms with Gasteiger partial charge >= 0.3 is 18.2 Å². The average molecular weight is 555 g/mol. The molecule has 40 heavy (non-hydrogen) atoms. The van der Waals surface area contributed by atoms with E-state index in [1.54, 1.807) is 31.2 Å². The molecule has 0 spiro atoms. The fourth-order valence-corrected chi connectivity index (χ4v) is 8.51. The highest BCUT2D eigenvalue weighted by Crippen LogP contribution is 2.67. The van der Waals surface area contributed by atoms with E-state index in [9.17, 15) is 14.4 Å². The molecule has 0 aliphatic heterocycles. The van der Waals surface area contributed by atoms with Gasteiger partial charge in [0.1, 0.15) is 12.2 Å². The van der Waals surface area contributed by atoms with Gasteiger partial charge in [-0.3, -0.25) is 0 Å². The largest absolute Gasteiger partial charge is 0.464 e. The lowest BCUT2D eigenvalue weighted by atomic mass is 9.70. The van der Waals surface area contributed by atoms with Gasteiger partial charge in [-0.25, -0.2) is 19.8 Å². The number of rotatable bonds is 6. The van der Waals surface area contributed by atoms with Crippen molar-refractivity contribution in [3.05, 3.63) is 35.9 Å². The Morgan fingerprint density at radius 1 is 0.875 bits per heavy atom. The molecule has 220 valence electrons. The summed E-state index contributed by atoms with van der Waals surface area (Å²) in [6.45, 7) is 15.2. The topological polar surface area (TPSA) is 94.2 Å². The lowest BCUT2D eigenvalue weighted by Gasteiger charge is -2.40. The summed E-state index contributed by atoms with van der Waals surface area (Å²) < 4.78 is 17.5. The van der Waals surface area contributed by atoms with E-state index in [1.807, 2.05) is 6.07 Å². The van der Waals surface area contributed by atoms with Crippen LogP contribution in [0, 0.1) is 33.5 Å². The fraction of sp³-hybridized carbons (Fsp3) is 0.719. The van der Waals surface area contributed by atoms with Crippen LogP contribution in [0.4, 0.5) is 9.59 Å². The summed E-state index contributed by atoms with van der Waals surface area (Å²) in [4.78, 5) is 40.7. The Morgan fingerprint density at radius 3 is 1.85 bits per heavy atom. The maximum atomic E-state index is 13.9. The molecule has 1 N–H and O–H groups in total. The van der Waals surface area contributed by atoms with E-state index in [-0.39, 0.29) is 40.5 Å². The molecular weight excluding hydrogens is 508 g/mol. The number of carbonyl (C=O) groups excluding carboxylic acids is 3. The van der Waals surface area contributed by atoms with E-state index in [0.29, 0.717) is 17.4 Å². The first-order chi connectivity index (χ1) is 18.8. The summed E-state index contributed by atoms with van der Waals surface area (Å²) in [7, 11) is 0. The molecule has 7 atom stereocenters. The van der Waals surface area contributed by atoms with Crippen LogP contribution in [0.1, 0.15) is 98.6 Å². The van der Waals surface area contributed by atoms with Crippen molar-refractivity contribution in [3.63, 3.8) is 0 Å². The number of hydrogen-bond acceptors (Lipinski definition) is 6. The molecule has 0 saturated heterocycles. The Hall–Kier alpha value is -2.77. The molecule has 1 aromatic rings. The van der Waals surface area contributed by atoms with E-state index in [0.717, 1.165) is 43.5 Å². The monoisotopic (exact) mass is 554 g/mol. The first-order valence-corrected chi connectivity index (χ1v) is 14.9. The maximum Gasteiger partial charge on any atom is 0.430 e. The maximum absolute atomic E-state index is 13.9. The Bertz CT molecular complexity index is 1150. The Kier molecular flexibility index (Phi) is 7.15. The number of benzene rings is 1. The predicted octanol–water partition coefficient (Wildman–Crippen LogP) is 6.80. The number of nitrogens with zero attached hydrogens (tertiary/aromatic N) is 1. The number of esters is 1. The Balaban J connectivity index is 1.41. The molecule has 0 aromatic heterocycles. The highest BCUT2D eigenvalue weighted by molar-refractivity contribution is 5.84. The highest BCUT2D eigenvalue weighted by Gasteiger charge is 2.64. The number of carbonyl (C=O) groups is 3. The molecule has 0 radical (unpaired) electrons. The zero-order chi connectivity index (χ0) is 29.1. The molecule has 2 amide bonds. The minimum atomic E-state index is -1.23. The van der Waals surface area contributed by atoms with Gasteiger partial charge in [0.05, 0.1) is 6.61 Å². The van der Waals surface area contributed by atoms with Gasteiger partial charge in [0.15, 0.2) is 6.04 Å². The third-order valence-electron chi connectivity index (χ3n) is 12.2. The third kappa shape index (κ3) is 4.28. The third-order valence-corrected chi connectivity index (χ3v) is 12.2. The van der Waals surface area contributed by atoms with Crippen molar-refractivity contribution in [2.24, 2.45) is 33.5 Å². The quantitative estimate of drug-likeness (QED) is 0.236. The molecular formula is C32H46N2O6. The molecule has 4 aliphatic rings. The molecule has 0 unspecified atom stereocenters. The van der Waals surface area contributed by atoms with E-state index >= 15 is 0 Å². The van der Waals surface area contributed by atoms with Crippen molar-refractivity contribution in [1.29, 1.82) is 0 Å². The van der Waals surface area contributed by atoms with Crippen LogP contribution in [0.15, 0.2) is 30.3 Å². The van der Waals surface area contributed by atoms with E-state index in [1.165, 1.54) is 0 Å². The van der Waals surface area contributed by atoms with Crippen LogP contribution in [0.3, 0.4) is 0 Å². The van der Waals surface area contributed by atoms with Crippen LogP contribution in [-0.4, -0.2) is 42.0 Å². The van der Waals surface area contributed by atoms with Gasteiger partial charge < -0.3 is 14.2 Å². The summed E-state index contributed by atoms with van der Waals surface area (Å²) in [5, 5.41) is 0.985. The van der Waals surface area contributed by atoms with Crippen molar-refractivity contribution >= 4 is 18.2 Å². The van der Waals surface area contributed by atoms with Crippen molar-refractivity contribution in [2.75, 3.05) is 6.61 Å². The Morgan fingerprint density at radius 2 is 1.40 bits per heavy atom. The van der Waals surface area contributed by atoms with Gasteiger partial charge in [-0.1, -0.05) is 71.9 Å². The zero-order valence-electron chi connectivity index (χ0n) is 25.1. The van der Waals surface area contributed by atoms with Gasteiger partial charge in [0.25, 0.3) is 0 Å². The summed E-state index contributed by atoms with van der Waals surface area (Å²) >= 11 is 0. The van der Waals surface area contributed by atoms with Crippen LogP contribution in [0.25, 0.3) is 0 Å². The lowest BCUT2D eigenvalue weighted by Crippen LogP contribution is -2.54. The van der Waals surface area contributed by atoms with Crippen LogP contribution in [0.2, 0.25) is 0 Å². The number of hydrogen-bond donors (Lipinski definition) is 1. The van der Waals surface area contributed by atoms with E-state index in [2.05, 4.69) is 47.0 Å². The van der Waals surface area contributed by atoms with Crippen molar-refractivity contribution in [1.82, 2.24) is 10.4 Å². The fourth-order valence-electron chi connectivity index (χ4n) is 8.51. The first kappa shape index (κ1) is 28.7. The minimum absolute atomic E-state index is 0.0269. The number of nitrogens with one attached hydrogen (secondary N) is 1. The molecule has 8 heteroatoms. The predicted molar refractivity (Wildman–Crippen MR) is 150 cm³/mol. The molecule has 5 rings (SSSR count). The minimum Gasteiger partial charge on any atom is -0.464 e. The molecule has 0 heterocycles. The summed E-state index contributed by atoms with van der Waals surface area (Å²) in [5.41, 5.74) is 2.88. The summed E-state index contributed by atoms with van der Waals surface area (Å²) in [6.07, 6.45) is 3.59. The van der Waals surface area contributed by atoms with Gasteiger partial charge in [0, 0.05) is 10.8 Å². The van der Waals surface area contributed by atoms with Crippen LogP contribution >= 0.6 is 0 Å². The summed E-state index contributed by atoms with van der Waals surface area (Å²) in [5.74, 6) is 0.284. The number of hydrazine groups is 1. The van der Waals surface area contributed by atoms with Crippen molar-refractivity contribution in [2.45, 2.75) is 105 Å². The SMILES string of the molecule is CCOC(=O)[C@H](c1ccccc1)N(NC(=O)O[C@@H]1C[C@H]2CC[C@]1(C)C2(C)C)C(=O)O[C@@H]1C[C@H]2CC[C@]1(C)C2(C)C. The number of fused-ring (bicyclic) bond motifs is 4. The molecule has 1 aromatic carbocycles. The smallest absolute Gasteiger partial charge is 0.430 e. The molecule has 8 nitrogen and oxygen atoms in total. The van der Waals surface area contributed by atoms with E-state index < -0.39 is 24.2 Å². The van der Waals surface area contributed by atoms with Gasteiger partial charge in [-0.2, -0.15) is 5.01 Å². The van der Waals surface area contributed by atoms with Crippen LogP contribution in [-0.2, 0) is 19.0 Å². The summed E-state index contributed by atoms with van der Waals surface area (Å²) in [6, 6.07) is 7.62. The van der Waals surface area contributed by atoms with Crippen LogP contribution in [0.5, 0.6) is 0 Å². The molecule has 4 bridgehead atoms. The second-order valence-corrected chi connectivity index (χ2v) is 14.0. The zero-order valence-corrected chi connectivity index (χ0v) is 25.1.